The first kappa shape index (κ1) is 15.8. The van der Waals surface area contributed by atoms with Crippen LogP contribution in [0.4, 0.5) is 0 Å². The molecule has 5 nitrogen and oxygen atoms in total. The number of aromatic nitrogens is 1. The van der Waals surface area contributed by atoms with Gasteiger partial charge in [-0.1, -0.05) is 18.2 Å². The summed E-state index contributed by atoms with van der Waals surface area (Å²) in [5.41, 5.74) is 1.80. The topological polar surface area (TPSA) is 69.1 Å². The maximum Gasteiger partial charge on any atom is 0.266 e. The van der Waals surface area contributed by atoms with Crippen LogP contribution in [-0.2, 0) is 0 Å². The first-order chi connectivity index (χ1) is 10.5. The van der Waals surface area contributed by atoms with Gasteiger partial charge in [-0.2, -0.15) is 5.26 Å². The Morgan fingerprint density at radius 2 is 2.00 bits per heavy atom. The second-order valence-electron chi connectivity index (χ2n) is 5.33. The summed E-state index contributed by atoms with van der Waals surface area (Å²) in [7, 11) is 3.95. The average molecular weight is 297 g/mol. The number of nitrogens with one attached hydrogen (secondary N) is 1. The molecule has 1 N–H and O–H groups in total. The molecule has 0 atom stereocenters. The molecule has 0 aliphatic rings. The molecule has 0 spiro atoms. The molecule has 22 heavy (non-hydrogen) atoms. The molecule has 114 valence electrons. The fourth-order valence-electron chi connectivity index (χ4n) is 2.17. The number of likely N-dealkylation sites (N-methyl/N-ethyl adjacent to an activating group) is 1. The lowest BCUT2D eigenvalue weighted by molar-refractivity contribution is 0.262. The number of ether oxygens (including phenoxy) is 1. The standard InChI is InChI=1S/C17H19N3O2/c1-12-10-14(15(11-18)17(21)19-12)13-6-4-5-7-16(13)22-9-8-20(2)3/h4-7,10H,8-9H2,1-3H3,(H,19,21). The normalized spacial score (nSPS) is 10.5. The number of benzene rings is 1. The third-order valence-electron chi connectivity index (χ3n) is 3.25. The van der Waals surface area contributed by atoms with Gasteiger partial charge in [0.2, 0.25) is 0 Å². The van der Waals surface area contributed by atoms with Gasteiger partial charge in [-0.25, -0.2) is 0 Å². The number of para-hydroxylation sites is 1. The van der Waals surface area contributed by atoms with Crippen LogP contribution in [0.3, 0.4) is 0 Å². The Hall–Kier alpha value is -2.58. The van der Waals surface area contributed by atoms with Crippen LogP contribution in [0, 0.1) is 18.3 Å². The number of hydrogen-bond acceptors (Lipinski definition) is 4. The molecule has 2 aromatic rings. The van der Waals surface area contributed by atoms with Crippen LogP contribution in [0.5, 0.6) is 5.75 Å². The maximum absolute atomic E-state index is 12.0. The molecule has 2 rings (SSSR count). The third-order valence-corrected chi connectivity index (χ3v) is 3.25. The number of aryl methyl sites for hydroxylation is 1. The van der Waals surface area contributed by atoms with E-state index in [0.29, 0.717) is 23.6 Å². The number of nitriles is 1. The molecular weight excluding hydrogens is 278 g/mol. The van der Waals surface area contributed by atoms with E-state index in [-0.39, 0.29) is 11.1 Å². The molecule has 0 amide bonds. The van der Waals surface area contributed by atoms with Gasteiger partial charge >= 0.3 is 0 Å². The van der Waals surface area contributed by atoms with Crippen molar-refractivity contribution in [2.45, 2.75) is 6.92 Å². The molecule has 5 heteroatoms. The van der Waals surface area contributed by atoms with Crippen molar-refractivity contribution in [3.63, 3.8) is 0 Å². The Labute approximate surface area is 129 Å². The number of pyridine rings is 1. The molecule has 1 aromatic carbocycles. The van der Waals surface area contributed by atoms with Gasteiger partial charge in [0.25, 0.3) is 5.56 Å². The quantitative estimate of drug-likeness (QED) is 0.918. The molecule has 0 fully saturated rings. The van der Waals surface area contributed by atoms with Crippen molar-refractivity contribution in [1.29, 1.82) is 5.26 Å². The Morgan fingerprint density at radius 3 is 2.68 bits per heavy atom. The van der Waals surface area contributed by atoms with Crippen molar-refractivity contribution >= 4 is 0 Å². The van der Waals surface area contributed by atoms with Crippen molar-refractivity contribution in [2.24, 2.45) is 0 Å². The summed E-state index contributed by atoms with van der Waals surface area (Å²) >= 11 is 0. The molecule has 0 saturated heterocycles. The summed E-state index contributed by atoms with van der Waals surface area (Å²) in [4.78, 5) is 16.6. The van der Waals surface area contributed by atoms with E-state index in [9.17, 15) is 10.1 Å². The number of H-pyrrole nitrogens is 1. The van der Waals surface area contributed by atoms with E-state index in [4.69, 9.17) is 4.74 Å². The van der Waals surface area contributed by atoms with Gasteiger partial charge in [-0.15, -0.1) is 0 Å². The highest BCUT2D eigenvalue weighted by molar-refractivity contribution is 5.75. The first-order valence-electron chi connectivity index (χ1n) is 7.04. The average Bonchev–Trinajstić information content (AvgIpc) is 2.46. The first-order valence-corrected chi connectivity index (χ1v) is 7.04. The van der Waals surface area contributed by atoms with Crippen LogP contribution in [-0.4, -0.2) is 37.1 Å². The fourth-order valence-corrected chi connectivity index (χ4v) is 2.17. The van der Waals surface area contributed by atoms with Gasteiger partial charge in [-0.05, 0) is 33.2 Å². The van der Waals surface area contributed by atoms with Crippen molar-refractivity contribution in [3.05, 3.63) is 51.9 Å². The summed E-state index contributed by atoms with van der Waals surface area (Å²) in [5.74, 6) is 0.672. The smallest absolute Gasteiger partial charge is 0.266 e. The second-order valence-corrected chi connectivity index (χ2v) is 5.33. The molecule has 0 bridgehead atoms. The number of nitrogens with zero attached hydrogens (tertiary/aromatic N) is 2. The van der Waals surface area contributed by atoms with Crippen LogP contribution in [0.1, 0.15) is 11.3 Å². The zero-order valence-corrected chi connectivity index (χ0v) is 13.0. The van der Waals surface area contributed by atoms with Crippen molar-refractivity contribution < 1.29 is 4.74 Å². The van der Waals surface area contributed by atoms with E-state index >= 15 is 0 Å². The number of aromatic amines is 1. The van der Waals surface area contributed by atoms with E-state index in [1.165, 1.54) is 0 Å². The lowest BCUT2D eigenvalue weighted by atomic mass is 10.0. The Bertz CT molecular complexity index is 757. The molecule has 0 aliphatic heterocycles. The predicted molar refractivity (Wildman–Crippen MR) is 86.0 cm³/mol. The number of rotatable bonds is 5. The molecule has 0 aliphatic carbocycles. The van der Waals surface area contributed by atoms with Crippen LogP contribution in [0.25, 0.3) is 11.1 Å². The minimum atomic E-state index is -0.374. The van der Waals surface area contributed by atoms with Gasteiger partial charge in [0.05, 0.1) is 0 Å². The van der Waals surface area contributed by atoms with Crippen molar-refractivity contribution in [1.82, 2.24) is 9.88 Å². The summed E-state index contributed by atoms with van der Waals surface area (Å²) in [6, 6.07) is 11.2. The highest BCUT2D eigenvalue weighted by Gasteiger charge is 2.14. The van der Waals surface area contributed by atoms with Crippen molar-refractivity contribution in [2.75, 3.05) is 27.2 Å². The van der Waals surface area contributed by atoms with E-state index in [1.54, 1.807) is 13.0 Å². The summed E-state index contributed by atoms with van der Waals surface area (Å²) in [6.07, 6.45) is 0. The summed E-state index contributed by atoms with van der Waals surface area (Å²) in [5, 5.41) is 9.27. The van der Waals surface area contributed by atoms with Crippen LogP contribution in [0.15, 0.2) is 35.1 Å². The zero-order valence-electron chi connectivity index (χ0n) is 13.0. The van der Waals surface area contributed by atoms with Gasteiger partial charge < -0.3 is 14.6 Å². The maximum atomic E-state index is 12.0. The Kier molecular flexibility index (Phi) is 4.97. The van der Waals surface area contributed by atoms with E-state index in [2.05, 4.69) is 4.98 Å². The molecular formula is C17H19N3O2. The molecule has 1 aromatic heterocycles. The highest BCUT2D eigenvalue weighted by Crippen LogP contribution is 2.31. The molecule has 0 saturated carbocycles. The second kappa shape index (κ2) is 6.92. The Morgan fingerprint density at radius 1 is 1.27 bits per heavy atom. The predicted octanol–water partition coefficient (Wildman–Crippen LogP) is 2.16. The summed E-state index contributed by atoms with van der Waals surface area (Å²) in [6.45, 7) is 3.11. The molecule has 0 radical (unpaired) electrons. The fraction of sp³-hybridized carbons (Fsp3) is 0.294. The lowest BCUT2D eigenvalue weighted by Crippen LogP contribution is -2.19. The van der Waals surface area contributed by atoms with E-state index < -0.39 is 0 Å². The van der Waals surface area contributed by atoms with Crippen LogP contribution >= 0.6 is 0 Å². The van der Waals surface area contributed by atoms with Crippen molar-refractivity contribution in [3.8, 4) is 22.9 Å². The Balaban J connectivity index is 2.46. The minimum absolute atomic E-state index is 0.106. The highest BCUT2D eigenvalue weighted by atomic mass is 16.5. The lowest BCUT2D eigenvalue weighted by Gasteiger charge is -2.15. The van der Waals surface area contributed by atoms with Gasteiger partial charge in [-0.3, -0.25) is 4.79 Å². The minimum Gasteiger partial charge on any atom is -0.492 e. The molecule has 1 heterocycles. The SMILES string of the molecule is Cc1cc(-c2ccccc2OCCN(C)C)c(C#N)c(=O)[nH]1. The monoisotopic (exact) mass is 297 g/mol. The van der Waals surface area contributed by atoms with Crippen LogP contribution in [0.2, 0.25) is 0 Å². The zero-order chi connectivity index (χ0) is 16.1. The summed E-state index contributed by atoms with van der Waals surface area (Å²) < 4.78 is 5.82. The largest absolute Gasteiger partial charge is 0.492 e. The van der Waals surface area contributed by atoms with Gasteiger partial charge in [0.15, 0.2) is 0 Å². The number of hydrogen-bond donors (Lipinski definition) is 1. The van der Waals surface area contributed by atoms with Gasteiger partial charge in [0, 0.05) is 23.4 Å². The van der Waals surface area contributed by atoms with Gasteiger partial charge in [0.1, 0.15) is 24.0 Å². The van der Waals surface area contributed by atoms with E-state index in [1.807, 2.05) is 49.3 Å². The third kappa shape index (κ3) is 3.54. The molecule has 0 unspecified atom stereocenters. The van der Waals surface area contributed by atoms with Crippen LogP contribution < -0.4 is 10.3 Å². The van der Waals surface area contributed by atoms with E-state index in [0.717, 1.165) is 12.1 Å².